The second-order valence-corrected chi connectivity index (χ2v) is 6.51. The highest BCUT2D eigenvalue weighted by molar-refractivity contribution is 14.1. The molecule has 1 aromatic heterocycles. The van der Waals surface area contributed by atoms with Crippen LogP contribution in [0.3, 0.4) is 0 Å². The minimum atomic E-state index is -0.705. The average molecular weight is 441 g/mol. The van der Waals surface area contributed by atoms with Crippen LogP contribution in [-0.2, 0) is 9.53 Å². The molecule has 2 aromatic rings. The summed E-state index contributed by atoms with van der Waals surface area (Å²) in [6.45, 7) is 4.56. The Morgan fingerprint density at radius 2 is 1.88 bits per heavy atom. The normalized spacial score (nSPS) is 10.3. The van der Waals surface area contributed by atoms with Crippen LogP contribution >= 0.6 is 22.6 Å². The zero-order chi connectivity index (χ0) is 17.9. The van der Waals surface area contributed by atoms with Gasteiger partial charge in [-0.3, -0.25) is 4.79 Å². The summed E-state index contributed by atoms with van der Waals surface area (Å²) < 4.78 is 11.0. The van der Waals surface area contributed by atoms with E-state index in [-0.39, 0.29) is 11.3 Å². The molecule has 0 atom stereocenters. The predicted octanol–water partition coefficient (Wildman–Crippen LogP) is 2.97. The lowest BCUT2D eigenvalue weighted by molar-refractivity contribution is -0.119. The van der Waals surface area contributed by atoms with Gasteiger partial charge in [-0.15, -0.1) is 0 Å². The zero-order valence-electron chi connectivity index (χ0n) is 13.4. The first-order chi connectivity index (χ1) is 11.3. The fourth-order valence-electron chi connectivity index (χ4n) is 2.22. The van der Waals surface area contributed by atoms with Crippen LogP contribution in [-0.4, -0.2) is 18.5 Å². The Kier molecular flexibility index (Phi) is 5.76. The highest BCUT2D eigenvalue weighted by atomic mass is 127. The Morgan fingerprint density at radius 1 is 1.17 bits per heavy atom. The van der Waals surface area contributed by atoms with Crippen LogP contribution in [0.2, 0.25) is 0 Å². The molecule has 0 saturated heterocycles. The average Bonchev–Trinajstić information content (AvgIpc) is 2.47. The van der Waals surface area contributed by atoms with Gasteiger partial charge in [-0.05, 0) is 72.7 Å². The van der Waals surface area contributed by atoms with Crippen molar-refractivity contribution in [2.24, 2.45) is 0 Å². The minimum Gasteiger partial charge on any atom is -0.452 e. The first kappa shape index (κ1) is 18.2. The molecule has 1 N–H and O–H groups in total. The Labute approximate surface area is 152 Å². The summed E-state index contributed by atoms with van der Waals surface area (Å²) in [5.74, 6) is -0.984. The van der Waals surface area contributed by atoms with E-state index in [9.17, 15) is 14.4 Å². The number of ether oxygens (including phenoxy) is 1. The maximum atomic E-state index is 12.1. The molecule has 126 valence electrons. The second kappa shape index (κ2) is 7.61. The molecule has 1 heterocycles. The van der Waals surface area contributed by atoms with E-state index in [0.717, 1.165) is 9.13 Å². The Balaban J connectivity index is 2.01. The molecule has 0 aliphatic carbocycles. The molecular weight excluding hydrogens is 425 g/mol. The van der Waals surface area contributed by atoms with Gasteiger partial charge in [0.25, 0.3) is 5.91 Å². The topological polar surface area (TPSA) is 85.6 Å². The van der Waals surface area contributed by atoms with E-state index in [4.69, 9.17) is 9.15 Å². The van der Waals surface area contributed by atoms with Crippen LogP contribution in [0, 0.1) is 24.3 Å². The molecule has 2 rings (SSSR count). The minimum absolute atomic E-state index is 0.160. The maximum absolute atomic E-state index is 12.1. The molecule has 1 aromatic carbocycles. The van der Waals surface area contributed by atoms with Crippen LogP contribution in [0.1, 0.15) is 27.2 Å². The molecule has 0 bridgehead atoms. The molecule has 0 saturated carbocycles. The lowest BCUT2D eigenvalue weighted by Gasteiger charge is -2.10. The van der Waals surface area contributed by atoms with Crippen molar-refractivity contribution in [1.82, 2.24) is 0 Å². The highest BCUT2D eigenvalue weighted by Crippen LogP contribution is 2.18. The fraction of sp³-hybridized carbons (Fsp3) is 0.235. The smallest absolute Gasteiger partial charge is 0.342 e. The summed E-state index contributed by atoms with van der Waals surface area (Å²) in [6, 6.07) is 6.80. The number of esters is 1. The van der Waals surface area contributed by atoms with Gasteiger partial charge in [0.2, 0.25) is 0 Å². The molecule has 6 nitrogen and oxygen atoms in total. The molecule has 0 fully saturated rings. The molecule has 0 aliphatic rings. The summed E-state index contributed by atoms with van der Waals surface area (Å²) in [5, 5.41) is 2.69. The number of hydrogen-bond donors (Lipinski definition) is 1. The van der Waals surface area contributed by atoms with Crippen LogP contribution < -0.4 is 10.9 Å². The van der Waals surface area contributed by atoms with Gasteiger partial charge in [-0.2, -0.15) is 0 Å². The molecule has 0 aliphatic heterocycles. The van der Waals surface area contributed by atoms with E-state index in [0.29, 0.717) is 11.3 Å². The first-order valence-corrected chi connectivity index (χ1v) is 8.20. The first-order valence-electron chi connectivity index (χ1n) is 7.12. The monoisotopic (exact) mass is 441 g/mol. The van der Waals surface area contributed by atoms with Gasteiger partial charge in [-0.25, -0.2) is 9.59 Å². The third-order valence-corrected chi connectivity index (χ3v) is 4.01. The van der Waals surface area contributed by atoms with Gasteiger partial charge in [0.15, 0.2) is 6.61 Å². The van der Waals surface area contributed by atoms with E-state index in [1.54, 1.807) is 13.0 Å². The van der Waals surface area contributed by atoms with E-state index in [2.05, 4.69) is 27.9 Å². The van der Waals surface area contributed by atoms with Crippen molar-refractivity contribution in [1.29, 1.82) is 0 Å². The van der Waals surface area contributed by atoms with Crippen LogP contribution in [0.4, 0.5) is 5.69 Å². The van der Waals surface area contributed by atoms with E-state index in [1.165, 1.54) is 13.0 Å². The number of aryl methyl sites for hydroxylation is 3. The third kappa shape index (κ3) is 4.44. The van der Waals surface area contributed by atoms with Crippen molar-refractivity contribution in [3.8, 4) is 0 Å². The second-order valence-electron chi connectivity index (χ2n) is 5.26. The number of benzene rings is 1. The fourth-order valence-corrected chi connectivity index (χ4v) is 2.87. The van der Waals surface area contributed by atoms with Gasteiger partial charge < -0.3 is 14.5 Å². The van der Waals surface area contributed by atoms with Gasteiger partial charge >= 0.3 is 11.6 Å². The summed E-state index contributed by atoms with van der Waals surface area (Å²) in [4.78, 5) is 35.3. The lowest BCUT2D eigenvalue weighted by atomic mass is 10.1. The number of rotatable bonds is 4. The van der Waals surface area contributed by atoms with Gasteiger partial charge in [0.1, 0.15) is 11.3 Å². The van der Waals surface area contributed by atoms with E-state index in [1.807, 2.05) is 19.1 Å². The number of carbonyl (C=O) groups is 2. The van der Waals surface area contributed by atoms with E-state index < -0.39 is 24.1 Å². The Hall–Kier alpha value is -2.16. The van der Waals surface area contributed by atoms with Crippen molar-refractivity contribution >= 4 is 40.2 Å². The standard InChI is InChI=1S/C17H16INO5/c1-9-6-12(18)4-5-13(9)19-14(20)8-23-17(22)16-10(2)7-15(21)24-11(16)3/h4-7H,8H2,1-3H3,(H,19,20). The van der Waals surface area contributed by atoms with Crippen LogP contribution in [0.25, 0.3) is 0 Å². The number of halogens is 1. The highest BCUT2D eigenvalue weighted by Gasteiger charge is 2.18. The van der Waals surface area contributed by atoms with Crippen molar-refractivity contribution in [2.75, 3.05) is 11.9 Å². The molecule has 1 amide bonds. The Bertz CT molecular complexity index is 830. The van der Waals surface area contributed by atoms with Crippen molar-refractivity contribution in [3.63, 3.8) is 0 Å². The third-order valence-electron chi connectivity index (χ3n) is 3.34. The Morgan fingerprint density at radius 3 is 2.50 bits per heavy atom. The summed E-state index contributed by atoms with van der Waals surface area (Å²) in [5.41, 5.74) is 1.65. The zero-order valence-corrected chi connectivity index (χ0v) is 15.6. The quantitative estimate of drug-likeness (QED) is 0.583. The summed E-state index contributed by atoms with van der Waals surface area (Å²) >= 11 is 2.18. The van der Waals surface area contributed by atoms with Crippen LogP contribution in [0.15, 0.2) is 33.5 Å². The van der Waals surface area contributed by atoms with Crippen molar-refractivity contribution in [2.45, 2.75) is 20.8 Å². The van der Waals surface area contributed by atoms with Crippen molar-refractivity contribution in [3.05, 3.63) is 60.7 Å². The van der Waals surface area contributed by atoms with E-state index >= 15 is 0 Å². The summed E-state index contributed by atoms with van der Waals surface area (Å²) in [6.07, 6.45) is 0. The van der Waals surface area contributed by atoms with Gasteiger partial charge in [-0.1, -0.05) is 0 Å². The lowest BCUT2D eigenvalue weighted by Crippen LogP contribution is -2.22. The SMILES string of the molecule is Cc1cc(I)ccc1NC(=O)COC(=O)c1c(C)cc(=O)oc1C. The number of anilines is 1. The summed E-state index contributed by atoms with van der Waals surface area (Å²) in [7, 11) is 0. The maximum Gasteiger partial charge on any atom is 0.342 e. The van der Waals surface area contributed by atoms with Crippen molar-refractivity contribution < 1.29 is 18.7 Å². The number of amides is 1. The molecule has 0 unspecified atom stereocenters. The molecule has 0 radical (unpaired) electrons. The number of nitrogens with one attached hydrogen (secondary N) is 1. The molecule has 0 spiro atoms. The van der Waals surface area contributed by atoms with Crippen LogP contribution in [0.5, 0.6) is 0 Å². The molecular formula is C17H16INO5. The number of hydrogen-bond acceptors (Lipinski definition) is 5. The van der Waals surface area contributed by atoms with Gasteiger partial charge in [0.05, 0.1) is 0 Å². The molecule has 24 heavy (non-hydrogen) atoms. The largest absolute Gasteiger partial charge is 0.452 e. The molecule has 7 heteroatoms. The number of carbonyl (C=O) groups excluding carboxylic acids is 2. The van der Waals surface area contributed by atoms with Gasteiger partial charge in [0, 0.05) is 15.3 Å². The predicted molar refractivity (Wildman–Crippen MR) is 97.3 cm³/mol.